The van der Waals surface area contributed by atoms with Crippen molar-refractivity contribution >= 4 is 15.7 Å². The summed E-state index contributed by atoms with van der Waals surface area (Å²) in [5.74, 6) is -1.62. The molecule has 1 amide bonds. The third-order valence-corrected chi connectivity index (χ3v) is 11.5. The van der Waals surface area contributed by atoms with E-state index in [9.17, 15) is 43.9 Å². The summed E-state index contributed by atoms with van der Waals surface area (Å²) in [5, 5.41) is 0. The highest BCUT2D eigenvalue weighted by molar-refractivity contribution is 7.92. The molecule has 0 N–H and O–H groups in total. The molecule has 5 nitrogen and oxygen atoms in total. The van der Waals surface area contributed by atoms with E-state index in [1.807, 2.05) is 0 Å². The zero-order chi connectivity index (χ0) is 31.3. The third-order valence-electron chi connectivity index (χ3n) is 8.98. The molecule has 0 bridgehead atoms. The summed E-state index contributed by atoms with van der Waals surface area (Å²) >= 11 is 0. The molecule has 0 spiro atoms. The Hall–Kier alpha value is -2.67. The lowest BCUT2D eigenvalue weighted by atomic mass is 9.88. The first-order valence-electron chi connectivity index (χ1n) is 14.3. The van der Waals surface area contributed by atoms with Gasteiger partial charge in [-0.2, -0.15) is 26.3 Å². The number of sulfone groups is 1. The van der Waals surface area contributed by atoms with Crippen molar-refractivity contribution in [1.82, 2.24) is 4.90 Å². The summed E-state index contributed by atoms with van der Waals surface area (Å²) in [6.07, 6.45) is -6.95. The lowest BCUT2D eigenvalue weighted by Gasteiger charge is -2.38. The fourth-order valence-corrected chi connectivity index (χ4v) is 8.38. The number of ether oxygens (including phenoxy) is 1. The predicted molar refractivity (Wildman–Crippen MR) is 142 cm³/mol. The molecule has 2 aliphatic carbocycles. The standard InChI is InChI=1S/C30H32F7NO4S/c31-24-12-14-25(15-13-24)43(40,41)27(16-17-38(19-27)26(39)21-4-2-1-3-5-21)22-8-10-23(11-9-22)28(29(32,33)34,30(35,36)37)42-18-20-6-7-20/h8-15,20-21H,1-7,16-19H2/t27-/m0/s1. The van der Waals surface area contributed by atoms with Gasteiger partial charge in [0.05, 0.1) is 11.5 Å². The number of carbonyl (C=O) groups is 1. The van der Waals surface area contributed by atoms with Crippen LogP contribution in [0.3, 0.4) is 0 Å². The minimum Gasteiger partial charge on any atom is -0.354 e. The predicted octanol–water partition coefficient (Wildman–Crippen LogP) is 7.05. The number of rotatable bonds is 8. The summed E-state index contributed by atoms with van der Waals surface area (Å²) in [5.41, 5.74) is -5.90. The Bertz CT molecular complexity index is 1400. The van der Waals surface area contributed by atoms with Crippen LogP contribution in [0, 0.1) is 17.7 Å². The monoisotopic (exact) mass is 635 g/mol. The molecule has 5 rings (SSSR count). The molecule has 3 fully saturated rings. The first kappa shape index (κ1) is 31.7. The third kappa shape index (κ3) is 5.67. The van der Waals surface area contributed by atoms with Crippen LogP contribution < -0.4 is 0 Å². The van der Waals surface area contributed by atoms with Crippen molar-refractivity contribution in [2.45, 2.75) is 79.0 Å². The number of benzene rings is 2. The maximum atomic E-state index is 14.2. The van der Waals surface area contributed by atoms with Crippen LogP contribution in [0.1, 0.15) is 62.5 Å². The number of nitrogens with zero attached hydrogens (tertiary/aromatic N) is 1. The molecule has 13 heteroatoms. The van der Waals surface area contributed by atoms with Crippen LogP contribution >= 0.6 is 0 Å². The molecule has 0 radical (unpaired) electrons. The summed E-state index contributed by atoms with van der Waals surface area (Å²) in [4.78, 5) is 14.5. The fourth-order valence-electron chi connectivity index (χ4n) is 6.30. The van der Waals surface area contributed by atoms with Gasteiger partial charge in [0.15, 0.2) is 9.84 Å². The van der Waals surface area contributed by atoms with E-state index in [-0.39, 0.29) is 41.8 Å². The van der Waals surface area contributed by atoms with E-state index in [2.05, 4.69) is 4.74 Å². The number of hydrogen-bond acceptors (Lipinski definition) is 4. The van der Waals surface area contributed by atoms with Crippen molar-refractivity contribution in [3.05, 3.63) is 65.5 Å². The van der Waals surface area contributed by atoms with Crippen molar-refractivity contribution in [3.8, 4) is 0 Å². The van der Waals surface area contributed by atoms with Gasteiger partial charge in [0.2, 0.25) is 5.91 Å². The van der Waals surface area contributed by atoms with Gasteiger partial charge in [0.1, 0.15) is 10.6 Å². The highest BCUT2D eigenvalue weighted by atomic mass is 32.2. The molecule has 1 saturated heterocycles. The highest BCUT2D eigenvalue weighted by Gasteiger charge is 2.73. The molecule has 2 aromatic carbocycles. The molecule has 236 valence electrons. The SMILES string of the molecule is O=C(C1CCCCC1)N1CC[C@](c2ccc(C(OCC3CC3)(C(F)(F)F)C(F)(F)F)cc2)(S(=O)(=O)c2ccc(F)cc2)C1. The molecule has 1 atom stereocenters. The van der Waals surface area contributed by atoms with E-state index < -0.39 is 56.4 Å². The van der Waals surface area contributed by atoms with E-state index in [0.29, 0.717) is 37.8 Å². The van der Waals surface area contributed by atoms with Gasteiger partial charge in [-0.15, -0.1) is 0 Å². The van der Waals surface area contributed by atoms with Crippen LogP contribution in [0.4, 0.5) is 30.7 Å². The molecular weight excluding hydrogens is 603 g/mol. The normalized spacial score (nSPS) is 22.6. The Labute approximate surface area is 245 Å². The quantitative estimate of drug-likeness (QED) is 0.230. The molecule has 0 unspecified atom stereocenters. The molecule has 3 aliphatic rings. The minimum atomic E-state index is -5.86. The average molecular weight is 636 g/mol. The van der Waals surface area contributed by atoms with E-state index >= 15 is 0 Å². The second kappa shape index (κ2) is 11.4. The van der Waals surface area contributed by atoms with Crippen molar-refractivity contribution in [2.75, 3.05) is 19.7 Å². The van der Waals surface area contributed by atoms with Gasteiger partial charge >= 0.3 is 12.4 Å². The zero-order valence-electron chi connectivity index (χ0n) is 23.2. The van der Waals surface area contributed by atoms with Crippen LogP contribution in [0.2, 0.25) is 0 Å². The average Bonchev–Trinajstić information content (AvgIpc) is 3.67. The lowest BCUT2D eigenvalue weighted by Crippen LogP contribution is -2.56. The van der Waals surface area contributed by atoms with Crippen molar-refractivity contribution in [3.63, 3.8) is 0 Å². The maximum Gasteiger partial charge on any atom is 0.430 e. The lowest BCUT2D eigenvalue weighted by molar-refractivity contribution is -0.390. The second-order valence-corrected chi connectivity index (χ2v) is 14.1. The molecule has 0 aromatic heterocycles. The van der Waals surface area contributed by atoms with Gasteiger partial charge in [-0.25, -0.2) is 12.8 Å². The Kier molecular flexibility index (Phi) is 8.38. The summed E-state index contributed by atoms with van der Waals surface area (Å²) in [6, 6.07) is 7.10. The maximum absolute atomic E-state index is 14.2. The van der Waals surface area contributed by atoms with Gasteiger partial charge in [0, 0.05) is 24.6 Å². The van der Waals surface area contributed by atoms with Crippen LogP contribution in [0.15, 0.2) is 53.4 Å². The van der Waals surface area contributed by atoms with Crippen molar-refractivity contribution < 1.29 is 48.7 Å². The number of hydrogen-bond donors (Lipinski definition) is 0. The Morgan fingerprint density at radius 2 is 1.44 bits per heavy atom. The summed E-state index contributed by atoms with van der Waals surface area (Å²) < 4.78 is 130. The largest absolute Gasteiger partial charge is 0.430 e. The van der Waals surface area contributed by atoms with Gasteiger partial charge < -0.3 is 9.64 Å². The molecule has 43 heavy (non-hydrogen) atoms. The van der Waals surface area contributed by atoms with Crippen molar-refractivity contribution in [2.24, 2.45) is 11.8 Å². The number of halogens is 7. The summed E-state index contributed by atoms with van der Waals surface area (Å²) in [6.45, 7) is -1.05. The van der Waals surface area contributed by atoms with Gasteiger partial charge in [-0.3, -0.25) is 4.79 Å². The molecule has 1 heterocycles. The van der Waals surface area contributed by atoms with Gasteiger partial charge in [0.25, 0.3) is 5.60 Å². The molecular formula is C30H32F7NO4S. The van der Waals surface area contributed by atoms with Gasteiger partial charge in [-0.1, -0.05) is 43.5 Å². The smallest absolute Gasteiger partial charge is 0.354 e. The zero-order valence-corrected chi connectivity index (χ0v) is 24.0. The van der Waals surface area contributed by atoms with Crippen LogP contribution in [0.25, 0.3) is 0 Å². The van der Waals surface area contributed by atoms with E-state index in [1.165, 1.54) is 4.90 Å². The number of amides is 1. The van der Waals surface area contributed by atoms with Crippen molar-refractivity contribution in [1.29, 1.82) is 0 Å². The highest BCUT2D eigenvalue weighted by Crippen LogP contribution is 2.54. The van der Waals surface area contributed by atoms with Crippen LogP contribution in [0.5, 0.6) is 0 Å². The Morgan fingerprint density at radius 3 is 1.98 bits per heavy atom. The fraction of sp³-hybridized carbons (Fsp3) is 0.567. The Balaban J connectivity index is 1.57. The number of carbonyl (C=O) groups excluding carboxylic acids is 1. The van der Waals surface area contributed by atoms with E-state index in [0.717, 1.165) is 55.7 Å². The molecule has 1 aliphatic heterocycles. The Morgan fingerprint density at radius 1 is 0.860 bits per heavy atom. The van der Waals surface area contributed by atoms with E-state index in [1.54, 1.807) is 0 Å². The molecule has 2 aromatic rings. The van der Waals surface area contributed by atoms with Gasteiger partial charge in [-0.05, 0) is 67.9 Å². The number of alkyl halides is 6. The summed E-state index contributed by atoms with van der Waals surface area (Å²) in [7, 11) is -4.42. The van der Waals surface area contributed by atoms with E-state index in [4.69, 9.17) is 0 Å². The van der Waals surface area contributed by atoms with Crippen LogP contribution in [-0.2, 0) is 29.7 Å². The first-order chi connectivity index (χ1) is 20.1. The molecule has 2 saturated carbocycles. The topological polar surface area (TPSA) is 63.7 Å². The minimum absolute atomic E-state index is 0.0248. The van der Waals surface area contributed by atoms with Crippen LogP contribution in [-0.4, -0.2) is 51.3 Å². The second-order valence-electron chi connectivity index (χ2n) is 11.8. The first-order valence-corrected chi connectivity index (χ1v) is 15.8. The number of likely N-dealkylation sites (tertiary alicyclic amines) is 1.